The zero-order valence-corrected chi connectivity index (χ0v) is 14.7. The summed E-state index contributed by atoms with van der Waals surface area (Å²) in [5, 5.41) is 9.18. The molecular weight excluding hydrogens is 308 g/mol. The predicted molar refractivity (Wildman–Crippen MR) is 92.2 cm³/mol. The molecule has 3 rings (SSSR count). The van der Waals surface area contributed by atoms with Crippen LogP contribution in [0.4, 0.5) is 0 Å². The van der Waals surface area contributed by atoms with Gasteiger partial charge in [0.25, 0.3) is 0 Å². The van der Waals surface area contributed by atoms with Crippen molar-refractivity contribution in [2.45, 2.75) is 32.4 Å². The summed E-state index contributed by atoms with van der Waals surface area (Å²) in [4.78, 5) is 17.2. The van der Waals surface area contributed by atoms with Gasteiger partial charge in [0.2, 0.25) is 5.91 Å². The average molecular weight is 332 g/mol. The van der Waals surface area contributed by atoms with Crippen molar-refractivity contribution in [1.29, 1.82) is 5.26 Å². The molecular formula is C17H24N4OS. The maximum Gasteiger partial charge on any atom is 0.239 e. The first-order valence-electron chi connectivity index (χ1n) is 8.27. The van der Waals surface area contributed by atoms with Gasteiger partial charge in [-0.1, -0.05) is 0 Å². The van der Waals surface area contributed by atoms with E-state index in [0.717, 1.165) is 61.8 Å². The molecule has 5 nitrogen and oxygen atoms in total. The van der Waals surface area contributed by atoms with Gasteiger partial charge in [0.1, 0.15) is 11.8 Å². The van der Waals surface area contributed by atoms with Gasteiger partial charge in [-0.15, -0.1) is 0 Å². The first kappa shape index (κ1) is 16.4. The zero-order valence-electron chi connectivity index (χ0n) is 13.9. The van der Waals surface area contributed by atoms with E-state index in [9.17, 15) is 10.1 Å². The standard InChI is InChI=1S/C17H24N4OS/c1-13-14(10-15(11-18)19(13)2)12-21-5-3-4-16(21)17(22)20-6-8-23-9-7-20/h10,16H,3-9,12H2,1-2H3/t16-/m1/s1. The van der Waals surface area contributed by atoms with Gasteiger partial charge < -0.3 is 9.47 Å². The minimum absolute atomic E-state index is 0.0169. The molecule has 0 aliphatic carbocycles. The van der Waals surface area contributed by atoms with Gasteiger partial charge in [0.05, 0.1) is 6.04 Å². The summed E-state index contributed by atoms with van der Waals surface area (Å²) >= 11 is 1.93. The summed E-state index contributed by atoms with van der Waals surface area (Å²) in [6, 6.07) is 4.22. The van der Waals surface area contributed by atoms with E-state index in [2.05, 4.69) is 11.0 Å². The second-order valence-corrected chi connectivity index (χ2v) is 7.60. The Morgan fingerprint density at radius 1 is 1.39 bits per heavy atom. The Morgan fingerprint density at radius 2 is 2.13 bits per heavy atom. The third-order valence-corrected chi connectivity index (χ3v) is 6.04. The number of carbonyl (C=O) groups excluding carboxylic acids is 1. The Bertz CT molecular complexity index is 627. The highest BCUT2D eigenvalue weighted by atomic mass is 32.2. The van der Waals surface area contributed by atoms with E-state index in [1.54, 1.807) is 0 Å². The van der Waals surface area contributed by atoms with Gasteiger partial charge >= 0.3 is 0 Å². The first-order chi connectivity index (χ1) is 11.1. The molecule has 2 aliphatic heterocycles. The Morgan fingerprint density at radius 3 is 2.78 bits per heavy atom. The molecule has 1 amide bonds. The van der Waals surface area contributed by atoms with E-state index in [4.69, 9.17) is 0 Å². The summed E-state index contributed by atoms with van der Waals surface area (Å²) in [5.41, 5.74) is 2.97. The fraction of sp³-hybridized carbons (Fsp3) is 0.647. The SMILES string of the molecule is Cc1c(CN2CCC[C@@H]2C(=O)N2CCSCC2)cc(C#N)n1C. The van der Waals surface area contributed by atoms with E-state index in [-0.39, 0.29) is 6.04 Å². The molecule has 1 atom stereocenters. The largest absolute Gasteiger partial charge is 0.340 e. The van der Waals surface area contributed by atoms with Crippen LogP contribution in [0.2, 0.25) is 0 Å². The molecule has 0 radical (unpaired) electrons. The molecule has 124 valence electrons. The van der Waals surface area contributed by atoms with Crippen LogP contribution >= 0.6 is 11.8 Å². The summed E-state index contributed by atoms with van der Waals surface area (Å²) in [7, 11) is 1.93. The lowest BCUT2D eigenvalue weighted by Gasteiger charge is -2.32. The number of hydrogen-bond acceptors (Lipinski definition) is 4. The highest BCUT2D eigenvalue weighted by molar-refractivity contribution is 7.99. The lowest BCUT2D eigenvalue weighted by Crippen LogP contribution is -2.48. The fourth-order valence-corrected chi connectivity index (χ4v) is 4.44. The van der Waals surface area contributed by atoms with Gasteiger partial charge in [-0.05, 0) is 37.9 Å². The van der Waals surface area contributed by atoms with Gasteiger partial charge in [-0.25, -0.2) is 0 Å². The maximum atomic E-state index is 12.8. The summed E-state index contributed by atoms with van der Waals surface area (Å²) < 4.78 is 1.93. The smallest absolute Gasteiger partial charge is 0.239 e. The number of nitrogens with zero attached hydrogens (tertiary/aromatic N) is 4. The molecule has 0 bridgehead atoms. The molecule has 3 heterocycles. The number of amides is 1. The van der Waals surface area contributed by atoms with Crippen LogP contribution in [0, 0.1) is 18.3 Å². The molecule has 1 aromatic rings. The Hall–Kier alpha value is -1.45. The average Bonchev–Trinajstić information content (AvgIpc) is 3.15. The number of hydrogen-bond donors (Lipinski definition) is 0. The molecule has 6 heteroatoms. The van der Waals surface area contributed by atoms with E-state index in [1.807, 2.05) is 41.3 Å². The van der Waals surface area contributed by atoms with Crippen molar-refractivity contribution in [2.24, 2.45) is 7.05 Å². The van der Waals surface area contributed by atoms with Crippen LogP contribution in [0.1, 0.15) is 29.8 Å². The predicted octanol–water partition coefficient (Wildman–Crippen LogP) is 1.74. The molecule has 1 aromatic heterocycles. The molecule has 2 saturated heterocycles. The Balaban J connectivity index is 1.72. The molecule has 0 unspecified atom stereocenters. The van der Waals surface area contributed by atoms with Crippen LogP contribution in [-0.4, -0.2) is 57.5 Å². The van der Waals surface area contributed by atoms with E-state index in [0.29, 0.717) is 11.6 Å². The Labute approximate surface area is 142 Å². The highest BCUT2D eigenvalue weighted by Crippen LogP contribution is 2.25. The lowest BCUT2D eigenvalue weighted by atomic mass is 10.1. The van der Waals surface area contributed by atoms with E-state index >= 15 is 0 Å². The Kier molecular flexibility index (Phi) is 4.98. The van der Waals surface area contributed by atoms with Crippen molar-refractivity contribution in [3.8, 4) is 6.07 Å². The van der Waals surface area contributed by atoms with Crippen LogP contribution in [0.5, 0.6) is 0 Å². The molecule has 23 heavy (non-hydrogen) atoms. The van der Waals surface area contributed by atoms with Gasteiger partial charge in [0, 0.05) is 43.9 Å². The molecule has 2 fully saturated rings. The van der Waals surface area contributed by atoms with Crippen molar-refractivity contribution < 1.29 is 4.79 Å². The van der Waals surface area contributed by atoms with Crippen LogP contribution in [0.15, 0.2) is 6.07 Å². The van der Waals surface area contributed by atoms with Crippen LogP contribution in [-0.2, 0) is 18.4 Å². The number of carbonyl (C=O) groups is 1. The molecule has 0 spiro atoms. The van der Waals surface area contributed by atoms with Crippen molar-refractivity contribution >= 4 is 17.7 Å². The number of nitriles is 1. The van der Waals surface area contributed by atoms with Crippen molar-refractivity contribution in [1.82, 2.24) is 14.4 Å². The normalized spacial score (nSPS) is 22.3. The van der Waals surface area contributed by atoms with Crippen LogP contribution in [0.3, 0.4) is 0 Å². The van der Waals surface area contributed by atoms with E-state index in [1.165, 1.54) is 0 Å². The van der Waals surface area contributed by atoms with Crippen LogP contribution < -0.4 is 0 Å². The number of rotatable bonds is 3. The molecule has 0 N–H and O–H groups in total. The zero-order chi connectivity index (χ0) is 16.4. The first-order valence-corrected chi connectivity index (χ1v) is 9.43. The van der Waals surface area contributed by atoms with Crippen molar-refractivity contribution in [3.05, 3.63) is 23.0 Å². The van der Waals surface area contributed by atoms with E-state index < -0.39 is 0 Å². The van der Waals surface area contributed by atoms with Gasteiger partial charge in [-0.3, -0.25) is 9.69 Å². The summed E-state index contributed by atoms with van der Waals surface area (Å²) in [6.45, 7) is 5.55. The molecule has 0 saturated carbocycles. The van der Waals surface area contributed by atoms with Crippen molar-refractivity contribution in [2.75, 3.05) is 31.1 Å². The third kappa shape index (κ3) is 3.26. The van der Waals surface area contributed by atoms with Crippen molar-refractivity contribution in [3.63, 3.8) is 0 Å². The summed E-state index contributed by atoms with van der Waals surface area (Å²) in [5.74, 6) is 2.42. The molecule has 2 aliphatic rings. The summed E-state index contributed by atoms with van der Waals surface area (Å²) in [6.07, 6.45) is 2.04. The highest BCUT2D eigenvalue weighted by Gasteiger charge is 2.34. The third-order valence-electron chi connectivity index (χ3n) is 5.10. The van der Waals surface area contributed by atoms with Gasteiger partial charge in [0.15, 0.2) is 0 Å². The topological polar surface area (TPSA) is 52.3 Å². The maximum absolute atomic E-state index is 12.8. The minimum atomic E-state index is 0.0169. The monoisotopic (exact) mass is 332 g/mol. The van der Waals surface area contributed by atoms with Gasteiger partial charge in [-0.2, -0.15) is 17.0 Å². The van der Waals surface area contributed by atoms with Crippen LogP contribution in [0.25, 0.3) is 0 Å². The second-order valence-electron chi connectivity index (χ2n) is 6.38. The molecule has 0 aromatic carbocycles. The number of aromatic nitrogens is 1. The lowest BCUT2D eigenvalue weighted by molar-refractivity contribution is -0.135. The number of thioether (sulfide) groups is 1. The second kappa shape index (κ2) is 6.98. The minimum Gasteiger partial charge on any atom is -0.340 e. The quantitative estimate of drug-likeness (QED) is 0.846. The fourth-order valence-electron chi connectivity index (χ4n) is 3.54. The number of likely N-dealkylation sites (tertiary alicyclic amines) is 1.